The summed E-state index contributed by atoms with van der Waals surface area (Å²) in [4.78, 5) is 2.51. The molecule has 0 N–H and O–H groups in total. The van der Waals surface area contributed by atoms with Gasteiger partial charge in [0.15, 0.2) is 0 Å². The van der Waals surface area contributed by atoms with Crippen LogP contribution in [0.1, 0.15) is 31.1 Å². The van der Waals surface area contributed by atoms with Gasteiger partial charge in [-0.3, -0.25) is 4.90 Å². The summed E-state index contributed by atoms with van der Waals surface area (Å²) in [5.41, 5.74) is 2.45. The maximum Gasteiger partial charge on any atom is 0.0956 e. The predicted molar refractivity (Wildman–Crippen MR) is 96.9 cm³/mol. The van der Waals surface area contributed by atoms with Gasteiger partial charge in [-0.2, -0.15) is 0 Å². The Morgan fingerprint density at radius 1 is 0.958 bits per heavy atom. The van der Waals surface area contributed by atoms with Crippen LogP contribution in [0.2, 0.25) is 0 Å². The van der Waals surface area contributed by atoms with E-state index in [0.717, 1.165) is 19.8 Å². The van der Waals surface area contributed by atoms with E-state index >= 15 is 0 Å². The zero-order valence-corrected chi connectivity index (χ0v) is 14.6. The van der Waals surface area contributed by atoms with Crippen molar-refractivity contribution in [3.63, 3.8) is 0 Å². The fourth-order valence-electron chi connectivity index (χ4n) is 3.28. The third-order valence-corrected chi connectivity index (χ3v) is 4.69. The maximum atomic E-state index is 6.33. The Hall–Kier alpha value is -1.68. The van der Waals surface area contributed by atoms with Gasteiger partial charge in [0.1, 0.15) is 0 Å². The third-order valence-electron chi connectivity index (χ3n) is 4.69. The molecule has 2 aromatic carbocycles. The van der Waals surface area contributed by atoms with Gasteiger partial charge in [0.2, 0.25) is 0 Å². The SMILES string of the molecule is C[C@@H]1COC[C@@H](C)N1C[C@H](OCc1ccccc1)c1ccccc1. The molecule has 1 saturated heterocycles. The van der Waals surface area contributed by atoms with Gasteiger partial charge in [0, 0.05) is 18.6 Å². The second-order valence-corrected chi connectivity index (χ2v) is 6.63. The van der Waals surface area contributed by atoms with Gasteiger partial charge in [-0.15, -0.1) is 0 Å². The van der Waals surface area contributed by atoms with Gasteiger partial charge >= 0.3 is 0 Å². The number of ether oxygens (including phenoxy) is 2. The van der Waals surface area contributed by atoms with Crippen LogP contribution in [0, 0.1) is 0 Å². The first kappa shape index (κ1) is 17.2. The van der Waals surface area contributed by atoms with Crippen LogP contribution in [0.4, 0.5) is 0 Å². The lowest BCUT2D eigenvalue weighted by atomic mass is 10.1. The lowest BCUT2D eigenvalue weighted by Gasteiger charge is -2.40. The van der Waals surface area contributed by atoms with Crippen LogP contribution in [-0.2, 0) is 16.1 Å². The second kappa shape index (κ2) is 8.43. The quantitative estimate of drug-likeness (QED) is 0.799. The molecule has 0 spiro atoms. The molecule has 0 aromatic heterocycles. The van der Waals surface area contributed by atoms with Crippen LogP contribution in [0.3, 0.4) is 0 Å². The average molecular weight is 325 g/mol. The Kier molecular flexibility index (Phi) is 6.02. The molecule has 0 saturated carbocycles. The Morgan fingerprint density at radius 3 is 2.17 bits per heavy atom. The van der Waals surface area contributed by atoms with E-state index in [9.17, 15) is 0 Å². The predicted octanol–water partition coefficient (Wildman–Crippen LogP) is 4.05. The maximum absolute atomic E-state index is 6.33. The number of nitrogens with zero attached hydrogens (tertiary/aromatic N) is 1. The topological polar surface area (TPSA) is 21.7 Å². The highest BCUT2D eigenvalue weighted by Crippen LogP contribution is 2.24. The molecule has 0 radical (unpaired) electrons. The van der Waals surface area contributed by atoms with E-state index in [1.807, 2.05) is 6.07 Å². The minimum Gasteiger partial charge on any atom is -0.378 e. The van der Waals surface area contributed by atoms with E-state index in [1.165, 1.54) is 11.1 Å². The second-order valence-electron chi connectivity index (χ2n) is 6.63. The Morgan fingerprint density at radius 2 is 1.54 bits per heavy atom. The normalized spacial score (nSPS) is 23.1. The lowest BCUT2D eigenvalue weighted by molar-refractivity contribution is -0.0692. The first-order valence-electron chi connectivity index (χ1n) is 8.78. The van der Waals surface area contributed by atoms with E-state index < -0.39 is 0 Å². The third kappa shape index (κ3) is 4.44. The molecular formula is C21H27NO2. The van der Waals surface area contributed by atoms with Gasteiger partial charge in [-0.05, 0) is 25.0 Å². The Labute approximate surface area is 145 Å². The molecule has 128 valence electrons. The van der Waals surface area contributed by atoms with Crippen molar-refractivity contribution in [2.75, 3.05) is 19.8 Å². The van der Waals surface area contributed by atoms with Crippen LogP contribution < -0.4 is 0 Å². The molecule has 3 atom stereocenters. The molecule has 1 aliphatic rings. The summed E-state index contributed by atoms with van der Waals surface area (Å²) in [5, 5.41) is 0. The van der Waals surface area contributed by atoms with Crippen LogP contribution in [0.25, 0.3) is 0 Å². The zero-order valence-electron chi connectivity index (χ0n) is 14.6. The monoisotopic (exact) mass is 325 g/mol. The zero-order chi connectivity index (χ0) is 16.8. The molecule has 0 aliphatic carbocycles. The van der Waals surface area contributed by atoms with Crippen molar-refractivity contribution in [2.45, 2.75) is 38.6 Å². The van der Waals surface area contributed by atoms with Gasteiger partial charge in [0.05, 0.1) is 25.9 Å². The van der Waals surface area contributed by atoms with Crippen molar-refractivity contribution >= 4 is 0 Å². The van der Waals surface area contributed by atoms with Gasteiger partial charge in [-0.1, -0.05) is 60.7 Å². The Bertz CT molecular complexity index is 592. The molecule has 3 nitrogen and oxygen atoms in total. The number of rotatable bonds is 6. The number of hydrogen-bond acceptors (Lipinski definition) is 3. The van der Waals surface area contributed by atoms with Gasteiger partial charge in [0.25, 0.3) is 0 Å². The molecular weight excluding hydrogens is 298 g/mol. The molecule has 2 aromatic rings. The summed E-state index contributed by atoms with van der Waals surface area (Å²) >= 11 is 0. The fourth-order valence-corrected chi connectivity index (χ4v) is 3.28. The van der Waals surface area contributed by atoms with E-state index in [-0.39, 0.29) is 6.10 Å². The van der Waals surface area contributed by atoms with Crippen LogP contribution in [-0.4, -0.2) is 36.7 Å². The van der Waals surface area contributed by atoms with Crippen LogP contribution in [0.15, 0.2) is 60.7 Å². The Balaban J connectivity index is 1.72. The molecule has 3 heteroatoms. The van der Waals surface area contributed by atoms with E-state index in [2.05, 4.69) is 73.3 Å². The summed E-state index contributed by atoms with van der Waals surface area (Å²) in [6.45, 7) is 7.58. The standard InChI is InChI=1S/C21H27NO2/c1-17-14-23-15-18(2)22(17)13-21(20-11-7-4-8-12-20)24-16-19-9-5-3-6-10-19/h3-12,17-18,21H,13-16H2,1-2H3/t17-,18-,21+/m1/s1. The molecule has 1 aliphatic heterocycles. The highest BCUT2D eigenvalue weighted by Gasteiger charge is 2.28. The van der Waals surface area contributed by atoms with E-state index in [0.29, 0.717) is 18.7 Å². The molecule has 3 rings (SSSR count). The molecule has 0 amide bonds. The van der Waals surface area contributed by atoms with Crippen molar-refractivity contribution in [1.82, 2.24) is 4.90 Å². The smallest absolute Gasteiger partial charge is 0.0956 e. The summed E-state index contributed by atoms with van der Waals surface area (Å²) < 4.78 is 12.0. The van der Waals surface area contributed by atoms with E-state index in [4.69, 9.17) is 9.47 Å². The molecule has 0 bridgehead atoms. The summed E-state index contributed by atoms with van der Waals surface area (Å²) in [5.74, 6) is 0. The summed E-state index contributed by atoms with van der Waals surface area (Å²) in [7, 11) is 0. The van der Waals surface area contributed by atoms with Crippen molar-refractivity contribution in [2.24, 2.45) is 0 Å². The molecule has 1 heterocycles. The van der Waals surface area contributed by atoms with Crippen molar-refractivity contribution in [3.8, 4) is 0 Å². The molecule has 0 unspecified atom stereocenters. The minimum absolute atomic E-state index is 0.0643. The van der Waals surface area contributed by atoms with E-state index in [1.54, 1.807) is 0 Å². The number of hydrogen-bond donors (Lipinski definition) is 0. The van der Waals surface area contributed by atoms with Gasteiger partial charge in [-0.25, -0.2) is 0 Å². The number of morpholine rings is 1. The molecule has 1 fully saturated rings. The number of benzene rings is 2. The van der Waals surface area contributed by atoms with Crippen molar-refractivity contribution in [3.05, 3.63) is 71.8 Å². The highest BCUT2D eigenvalue weighted by atomic mass is 16.5. The average Bonchev–Trinajstić information content (AvgIpc) is 2.62. The van der Waals surface area contributed by atoms with Crippen molar-refractivity contribution in [1.29, 1.82) is 0 Å². The van der Waals surface area contributed by atoms with Crippen LogP contribution in [0.5, 0.6) is 0 Å². The largest absolute Gasteiger partial charge is 0.378 e. The lowest BCUT2D eigenvalue weighted by Crippen LogP contribution is -2.51. The highest BCUT2D eigenvalue weighted by molar-refractivity contribution is 5.19. The van der Waals surface area contributed by atoms with Crippen molar-refractivity contribution < 1.29 is 9.47 Å². The molecule has 24 heavy (non-hydrogen) atoms. The summed E-state index contributed by atoms with van der Waals surface area (Å²) in [6, 6.07) is 21.7. The van der Waals surface area contributed by atoms with Gasteiger partial charge < -0.3 is 9.47 Å². The minimum atomic E-state index is 0.0643. The van der Waals surface area contributed by atoms with Crippen LogP contribution >= 0.6 is 0 Å². The first-order chi connectivity index (χ1) is 11.7. The summed E-state index contributed by atoms with van der Waals surface area (Å²) in [6.07, 6.45) is 0.0643. The first-order valence-corrected chi connectivity index (χ1v) is 8.78. The fraction of sp³-hybridized carbons (Fsp3) is 0.429.